The fourth-order valence-corrected chi connectivity index (χ4v) is 3.78. The monoisotopic (exact) mass is 237 g/mol. The van der Waals surface area contributed by atoms with Crippen molar-refractivity contribution in [2.45, 2.75) is 63.7 Å². The van der Waals surface area contributed by atoms with E-state index in [4.69, 9.17) is 5.73 Å². The van der Waals surface area contributed by atoms with Crippen molar-refractivity contribution >= 4 is 0 Å². The second-order valence-corrected chi connectivity index (χ2v) is 6.57. The van der Waals surface area contributed by atoms with Crippen molar-refractivity contribution in [1.29, 1.82) is 0 Å². The zero-order valence-electron chi connectivity index (χ0n) is 11.3. The van der Waals surface area contributed by atoms with Crippen LogP contribution in [-0.4, -0.2) is 53.6 Å². The lowest BCUT2D eigenvalue weighted by molar-refractivity contribution is 0.213. The maximum absolute atomic E-state index is 6.03. The first-order valence-electron chi connectivity index (χ1n) is 7.40. The first kappa shape index (κ1) is 11.9. The van der Waals surface area contributed by atoms with Crippen molar-refractivity contribution in [3.63, 3.8) is 0 Å². The third-order valence-electron chi connectivity index (χ3n) is 5.13. The molecular weight excluding hydrogens is 210 g/mol. The predicted octanol–water partition coefficient (Wildman–Crippen LogP) is 1.28. The fourth-order valence-electron chi connectivity index (χ4n) is 3.78. The average molecular weight is 237 g/mol. The highest BCUT2D eigenvalue weighted by molar-refractivity contribution is 4.98. The van der Waals surface area contributed by atoms with E-state index in [0.717, 1.165) is 24.0 Å². The van der Waals surface area contributed by atoms with E-state index in [9.17, 15) is 0 Å². The number of hydrogen-bond acceptors (Lipinski definition) is 3. The summed E-state index contributed by atoms with van der Waals surface area (Å²) >= 11 is 0. The molecule has 2 aliphatic heterocycles. The van der Waals surface area contributed by atoms with Crippen LogP contribution in [0.15, 0.2) is 0 Å². The van der Waals surface area contributed by atoms with Crippen molar-refractivity contribution in [2.24, 2.45) is 11.7 Å². The molecule has 2 saturated heterocycles. The minimum Gasteiger partial charge on any atom is -0.328 e. The van der Waals surface area contributed by atoms with Gasteiger partial charge >= 0.3 is 0 Å². The van der Waals surface area contributed by atoms with Crippen molar-refractivity contribution < 1.29 is 0 Å². The maximum atomic E-state index is 6.03. The van der Waals surface area contributed by atoms with Gasteiger partial charge in [-0.2, -0.15) is 0 Å². The van der Waals surface area contributed by atoms with Gasteiger partial charge in [0.25, 0.3) is 0 Å². The van der Waals surface area contributed by atoms with Gasteiger partial charge in [-0.05, 0) is 52.0 Å². The summed E-state index contributed by atoms with van der Waals surface area (Å²) in [5.74, 6) is 0.736. The smallest absolute Gasteiger partial charge is 0.0238 e. The Balaban J connectivity index is 1.56. The summed E-state index contributed by atoms with van der Waals surface area (Å²) in [6, 6.07) is 2.93. The highest BCUT2D eigenvalue weighted by Gasteiger charge is 2.42. The summed E-state index contributed by atoms with van der Waals surface area (Å²) in [5.41, 5.74) is 6.03. The molecular formula is C14H27N3. The Labute approximate surface area is 105 Å². The Morgan fingerprint density at radius 1 is 1.12 bits per heavy atom. The van der Waals surface area contributed by atoms with Crippen LogP contribution in [0.2, 0.25) is 0 Å². The zero-order chi connectivity index (χ0) is 12.0. The largest absolute Gasteiger partial charge is 0.328 e. The summed E-state index contributed by atoms with van der Waals surface area (Å²) in [4.78, 5) is 5.47. The molecule has 0 radical (unpaired) electrons. The van der Waals surface area contributed by atoms with E-state index in [2.05, 4.69) is 23.6 Å². The van der Waals surface area contributed by atoms with Gasteiger partial charge in [-0.15, -0.1) is 0 Å². The van der Waals surface area contributed by atoms with Gasteiger partial charge in [-0.3, -0.25) is 9.80 Å². The zero-order valence-corrected chi connectivity index (χ0v) is 11.3. The molecule has 0 bridgehead atoms. The molecule has 3 fully saturated rings. The van der Waals surface area contributed by atoms with Crippen LogP contribution < -0.4 is 5.73 Å². The minimum atomic E-state index is 0.373. The minimum absolute atomic E-state index is 0.373. The number of hydrogen-bond donors (Lipinski definition) is 1. The molecule has 4 atom stereocenters. The summed E-state index contributed by atoms with van der Waals surface area (Å²) in [6.45, 7) is 8.42. The van der Waals surface area contributed by atoms with Gasteiger partial charge in [0.05, 0.1) is 0 Å². The van der Waals surface area contributed by atoms with E-state index in [1.165, 1.54) is 45.3 Å². The lowest BCUT2D eigenvalue weighted by Gasteiger charge is -2.25. The molecule has 1 saturated carbocycles. The van der Waals surface area contributed by atoms with E-state index in [1.54, 1.807) is 0 Å². The normalized spacial score (nSPS) is 42.2. The second kappa shape index (κ2) is 4.52. The van der Waals surface area contributed by atoms with Gasteiger partial charge in [-0.25, -0.2) is 0 Å². The van der Waals surface area contributed by atoms with Gasteiger partial charge in [0.1, 0.15) is 0 Å². The summed E-state index contributed by atoms with van der Waals surface area (Å²) in [5, 5.41) is 0. The average Bonchev–Trinajstić information content (AvgIpc) is 2.87. The van der Waals surface area contributed by atoms with Gasteiger partial charge in [0, 0.05) is 37.3 Å². The molecule has 0 amide bonds. The van der Waals surface area contributed by atoms with E-state index in [0.29, 0.717) is 6.04 Å². The second-order valence-electron chi connectivity index (χ2n) is 6.57. The molecule has 0 spiro atoms. The molecule has 98 valence electrons. The Bertz CT molecular complexity index is 275. The van der Waals surface area contributed by atoms with E-state index < -0.39 is 0 Å². The molecule has 2 heterocycles. The summed E-state index contributed by atoms with van der Waals surface area (Å²) in [6.07, 6.45) is 5.58. The third-order valence-corrected chi connectivity index (χ3v) is 5.13. The lowest BCUT2D eigenvalue weighted by Crippen LogP contribution is -2.38. The summed E-state index contributed by atoms with van der Waals surface area (Å²) < 4.78 is 0. The number of nitrogens with two attached hydrogens (primary N) is 1. The topological polar surface area (TPSA) is 32.5 Å². The molecule has 17 heavy (non-hydrogen) atoms. The molecule has 1 aliphatic carbocycles. The highest BCUT2D eigenvalue weighted by atomic mass is 15.3. The third kappa shape index (κ3) is 2.38. The van der Waals surface area contributed by atoms with Gasteiger partial charge in [0.2, 0.25) is 0 Å². The van der Waals surface area contributed by atoms with Crippen LogP contribution in [0.4, 0.5) is 0 Å². The Kier molecular flexibility index (Phi) is 3.18. The first-order valence-corrected chi connectivity index (χ1v) is 7.40. The van der Waals surface area contributed by atoms with Crippen LogP contribution >= 0.6 is 0 Å². The van der Waals surface area contributed by atoms with Crippen LogP contribution in [0.25, 0.3) is 0 Å². The van der Waals surface area contributed by atoms with Gasteiger partial charge in [0.15, 0.2) is 0 Å². The molecule has 3 aliphatic rings. The molecule has 2 N–H and O–H groups in total. The summed E-state index contributed by atoms with van der Waals surface area (Å²) in [7, 11) is 0. The van der Waals surface area contributed by atoms with Gasteiger partial charge < -0.3 is 5.73 Å². The fraction of sp³-hybridized carbons (Fsp3) is 1.00. The van der Waals surface area contributed by atoms with E-state index in [-0.39, 0.29) is 0 Å². The highest BCUT2D eigenvalue weighted by Crippen LogP contribution is 2.36. The van der Waals surface area contributed by atoms with Crippen LogP contribution in [-0.2, 0) is 0 Å². The number of rotatable bonds is 3. The Hall–Kier alpha value is -0.120. The van der Waals surface area contributed by atoms with Gasteiger partial charge in [-0.1, -0.05) is 0 Å². The lowest BCUT2D eigenvalue weighted by atomic mass is 10.0. The molecule has 3 nitrogen and oxygen atoms in total. The van der Waals surface area contributed by atoms with Crippen LogP contribution in [0.5, 0.6) is 0 Å². The van der Waals surface area contributed by atoms with Crippen LogP contribution in [0, 0.1) is 5.92 Å². The SMILES string of the molecule is CC(N)C1CCN(C2CC(C)N(C3CC3)C2)C1. The predicted molar refractivity (Wildman–Crippen MR) is 70.9 cm³/mol. The molecule has 0 aromatic heterocycles. The van der Waals surface area contributed by atoms with E-state index >= 15 is 0 Å². The van der Waals surface area contributed by atoms with E-state index in [1.807, 2.05) is 0 Å². The molecule has 3 rings (SSSR count). The number of nitrogens with zero attached hydrogens (tertiary/aromatic N) is 2. The molecule has 3 heteroatoms. The van der Waals surface area contributed by atoms with Crippen molar-refractivity contribution in [1.82, 2.24) is 9.80 Å². The molecule has 0 aromatic carbocycles. The van der Waals surface area contributed by atoms with Crippen molar-refractivity contribution in [2.75, 3.05) is 19.6 Å². The molecule has 4 unspecified atom stereocenters. The standard InChI is InChI=1S/C14H27N3/c1-10-7-14(9-17(10)13-3-4-13)16-6-5-12(8-16)11(2)15/h10-14H,3-9,15H2,1-2H3. The van der Waals surface area contributed by atoms with Crippen LogP contribution in [0.1, 0.15) is 39.5 Å². The van der Waals surface area contributed by atoms with Crippen molar-refractivity contribution in [3.05, 3.63) is 0 Å². The Morgan fingerprint density at radius 2 is 1.88 bits per heavy atom. The van der Waals surface area contributed by atoms with Crippen LogP contribution in [0.3, 0.4) is 0 Å². The quantitative estimate of drug-likeness (QED) is 0.802. The Morgan fingerprint density at radius 3 is 2.47 bits per heavy atom. The first-order chi connectivity index (χ1) is 8.15. The maximum Gasteiger partial charge on any atom is 0.0238 e. The molecule has 0 aromatic rings. The number of likely N-dealkylation sites (tertiary alicyclic amines) is 2. The van der Waals surface area contributed by atoms with Crippen molar-refractivity contribution in [3.8, 4) is 0 Å².